The van der Waals surface area contributed by atoms with Gasteiger partial charge in [-0.2, -0.15) is 0 Å². The van der Waals surface area contributed by atoms with Gasteiger partial charge >= 0.3 is 0 Å². The summed E-state index contributed by atoms with van der Waals surface area (Å²) in [6.07, 6.45) is 0.869. The lowest BCUT2D eigenvalue weighted by Gasteiger charge is -2.36. The Kier molecular flexibility index (Phi) is 6.98. The van der Waals surface area contributed by atoms with Crippen molar-refractivity contribution in [3.05, 3.63) is 68.3 Å². The van der Waals surface area contributed by atoms with Crippen LogP contribution in [0.3, 0.4) is 0 Å². The van der Waals surface area contributed by atoms with Crippen LogP contribution in [0, 0.1) is 20.2 Å². The van der Waals surface area contributed by atoms with Crippen LogP contribution in [0.15, 0.2) is 42.5 Å². The van der Waals surface area contributed by atoms with Crippen LogP contribution in [0.25, 0.3) is 10.9 Å². The van der Waals surface area contributed by atoms with Crippen molar-refractivity contribution in [1.82, 2.24) is 9.99 Å². The second-order valence-corrected chi connectivity index (χ2v) is 8.79. The van der Waals surface area contributed by atoms with E-state index in [0.29, 0.717) is 0 Å². The van der Waals surface area contributed by atoms with Crippen molar-refractivity contribution in [2.24, 2.45) is 0 Å². The van der Waals surface area contributed by atoms with E-state index in [0.717, 1.165) is 93.5 Å². The monoisotopic (exact) mass is 496 g/mol. The van der Waals surface area contributed by atoms with Gasteiger partial charge in [0.2, 0.25) is 0 Å². The number of non-ortho nitro benzene ring substituents is 2. The number of nitrogens with zero attached hydrogens (tertiary/aromatic N) is 5. The summed E-state index contributed by atoms with van der Waals surface area (Å²) < 4.78 is 10.6. The van der Waals surface area contributed by atoms with Crippen LogP contribution >= 0.6 is 0 Å². The van der Waals surface area contributed by atoms with Crippen molar-refractivity contribution in [2.75, 3.05) is 69.1 Å². The molecule has 12 heteroatoms. The topological polar surface area (TPSA) is 130 Å². The minimum Gasteiger partial charge on any atom is -0.379 e. The minimum absolute atomic E-state index is 0.120. The van der Waals surface area contributed by atoms with Crippen molar-refractivity contribution >= 4 is 33.8 Å². The maximum Gasteiger partial charge on any atom is 0.270 e. The van der Waals surface area contributed by atoms with Crippen molar-refractivity contribution < 1.29 is 19.3 Å². The van der Waals surface area contributed by atoms with E-state index >= 15 is 0 Å². The van der Waals surface area contributed by atoms with Crippen molar-refractivity contribution in [1.29, 1.82) is 0 Å². The molecule has 3 aromatic rings. The number of aromatic nitrogens is 1. The highest BCUT2D eigenvalue weighted by molar-refractivity contribution is 5.86. The fraction of sp³-hybridized carbons (Fsp3) is 0.417. The van der Waals surface area contributed by atoms with Crippen LogP contribution in [-0.4, -0.2) is 79.0 Å². The van der Waals surface area contributed by atoms with Gasteiger partial charge in [0.25, 0.3) is 11.4 Å². The van der Waals surface area contributed by atoms with Gasteiger partial charge in [-0.3, -0.25) is 20.2 Å². The number of morpholine rings is 2. The number of aromatic amines is 1. The molecule has 0 aliphatic carbocycles. The Morgan fingerprint density at radius 1 is 0.778 bits per heavy atom. The number of rotatable bonds is 4. The number of nitro benzene ring substituents is 2. The van der Waals surface area contributed by atoms with E-state index in [1.807, 2.05) is 12.1 Å². The predicted octanol–water partition coefficient (Wildman–Crippen LogP) is 3.12. The molecule has 0 amide bonds. The Labute approximate surface area is 207 Å². The van der Waals surface area contributed by atoms with Crippen LogP contribution in [0.1, 0.15) is 5.56 Å². The van der Waals surface area contributed by atoms with E-state index in [2.05, 4.69) is 19.9 Å². The van der Waals surface area contributed by atoms with Crippen molar-refractivity contribution in [3.8, 4) is 0 Å². The maximum atomic E-state index is 10.7. The molecule has 190 valence electrons. The molecule has 2 saturated heterocycles. The fourth-order valence-electron chi connectivity index (χ4n) is 4.77. The molecule has 4 heterocycles. The number of nitrogens with one attached hydrogen (secondary N) is 1. The molecule has 12 nitrogen and oxygen atoms in total. The summed E-state index contributed by atoms with van der Waals surface area (Å²) in [6.45, 7) is 7.29. The summed E-state index contributed by atoms with van der Waals surface area (Å²) in [5.41, 5.74) is 3.38. The minimum atomic E-state index is -0.374. The summed E-state index contributed by atoms with van der Waals surface area (Å²) in [5, 5.41) is 26.8. The first-order chi connectivity index (χ1) is 17.5. The molecular weight excluding hydrogens is 468 g/mol. The van der Waals surface area contributed by atoms with Gasteiger partial charge in [0.15, 0.2) is 0 Å². The number of anilines is 2. The average Bonchev–Trinajstić information content (AvgIpc) is 3.53. The molecule has 6 rings (SSSR count). The van der Waals surface area contributed by atoms with Crippen LogP contribution in [0.5, 0.6) is 0 Å². The van der Waals surface area contributed by atoms with E-state index in [-0.39, 0.29) is 21.2 Å². The van der Waals surface area contributed by atoms with Gasteiger partial charge in [-0.1, -0.05) is 0 Å². The zero-order valence-corrected chi connectivity index (χ0v) is 19.8. The molecule has 3 aliphatic heterocycles. The normalized spacial score (nSPS) is 18.0. The number of hydrogen-bond acceptors (Lipinski definition) is 9. The van der Waals surface area contributed by atoms with Gasteiger partial charge in [-0.25, -0.2) is 5.01 Å². The first-order valence-electron chi connectivity index (χ1n) is 12.0. The zero-order valence-electron chi connectivity index (χ0n) is 19.8. The molecule has 1 N–H and O–H groups in total. The molecule has 0 bridgehead atoms. The Hall–Kier alpha value is -3.74. The molecular formula is C24H28N6O6. The van der Waals surface area contributed by atoms with Gasteiger partial charge in [0, 0.05) is 67.9 Å². The molecule has 0 saturated carbocycles. The number of fused-ring (bicyclic) bond motifs is 2. The average molecular weight is 497 g/mol. The van der Waals surface area contributed by atoms with Gasteiger partial charge in [-0.15, -0.1) is 0 Å². The van der Waals surface area contributed by atoms with Crippen molar-refractivity contribution in [2.45, 2.75) is 6.42 Å². The Balaban J connectivity index is 0.000000148. The second kappa shape index (κ2) is 10.5. The molecule has 0 unspecified atom stereocenters. The lowest BCUT2D eigenvalue weighted by atomic mass is 10.1. The Morgan fingerprint density at radius 3 is 2.11 bits per heavy atom. The Bertz CT molecular complexity index is 1250. The summed E-state index contributed by atoms with van der Waals surface area (Å²) >= 11 is 0. The molecule has 0 atom stereocenters. The summed E-state index contributed by atoms with van der Waals surface area (Å²) in [5.74, 6) is 0.994. The van der Waals surface area contributed by atoms with E-state index in [4.69, 9.17) is 9.47 Å². The molecule has 2 aromatic carbocycles. The predicted molar refractivity (Wildman–Crippen MR) is 135 cm³/mol. The fourth-order valence-corrected chi connectivity index (χ4v) is 4.77. The van der Waals surface area contributed by atoms with Gasteiger partial charge in [0.05, 0.1) is 42.0 Å². The van der Waals surface area contributed by atoms with Crippen LogP contribution in [0.4, 0.5) is 22.9 Å². The Morgan fingerprint density at radius 2 is 1.42 bits per heavy atom. The molecule has 2 fully saturated rings. The van der Waals surface area contributed by atoms with Crippen LogP contribution < -0.4 is 9.91 Å². The smallest absolute Gasteiger partial charge is 0.270 e. The third-order valence-electron chi connectivity index (χ3n) is 6.63. The maximum absolute atomic E-state index is 10.7. The van der Waals surface area contributed by atoms with Crippen LogP contribution in [0.2, 0.25) is 0 Å². The van der Waals surface area contributed by atoms with Gasteiger partial charge in [-0.05, 0) is 30.2 Å². The number of H-pyrrole nitrogens is 1. The third-order valence-corrected chi connectivity index (χ3v) is 6.63. The standard InChI is InChI=1S/C12H13N3O3.C12H15N3O3/c16-15(17)10-1-2-11-9(7-10)8-12(13-11)14-3-5-18-6-4-14;16-15(17)11-1-2-12-10(9-11)3-4-14(12)13-5-7-18-8-6-13/h1-2,7-8,13H,3-6H2;1-2,9H,3-8H2. The largest absolute Gasteiger partial charge is 0.379 e. The summed E-state index contributed by atoms with van der Waals surface area (Å²) in [6, 6.07) is 11.9. The molecule has 3 aliphatic rings. The van der Waals surface area contributed by atoms with E-state index < -0.39 is 0 Å². The second-order valence-electron chi connectivity index (χ2n) is 8.79. The lowest BCUT2D eigenvalue weighted by Crippen LogP contribution is -2.48. The summed E-state index contributed by atoms with van der Waals surface area (Å²) in [7, 11) is 0. The first kappa shape index (κ1) is 24.0. The number of ether oxygens (including phenoxy) is 2. The zero-order chi connectivity index (χ0) is 25.1. The highest BCUT2D eigenvalue weighted by Gasteiger charge is 2.27. The highest BCUT2D eigenvalue weighted by Crippen LogP contribution is 2.32. The number of hydrogen-bond donors (Lipinski definition) is 1. The molecule has 36 heavy (non-hydrogen) atoms. The molecule has 0 radical (unpaired) electrons. The lowest BCUT2D eigenvalue weighted by molar-refractivity contribution is -0.385. The van der Waals surface area contributed by atoms with E-state index in [1.54, 1.807) is 24.3 Å². The highest BCUT2D eigenvalue weighted by atomic mass is 16.6. The first-order valence-corrected chi connectivity index (χ1v) is 12.0. The van der Waals surface area contributed by atoms with E-state index in [1.165, 1.54) is 6.07 Å². The van der Waals surface area contributed by atoms with E-state index in [9.17, 15) is 20.2 Å². The van der Waals surface area contributed by atoms with Gasteiger partial charge < -0.3 is 24.4 Å². The SMILES string of the molecule is O=[N+]([O-])c1ccc2[nH]c(N3CCOCC3)cc2c1.O=[N+]([O-])c1ccc2c(c1)CCN2N1CCOCC1. The third kappa shape index (κ3) is 5.10. The number of nitro groups is 2. The quantitative estimate of drug-likeness (QED) is 0.428. The van der Waals surface area contributed by atoms with Crippen LogP contribution in [-0.2, 0) is 15.9 Å². The summed E-state index contributed by atoms with van der Waals surface area (Å²) in [4.78, 5) is 26.2. The van der Waals surface area contributed by atoms with Gasteiger partial charge in [0.1, 0.15) is 5.82 Å². The molecule has 0 spiro atoms. The number of benzene rings is 2. The molecule has 1 aromatic heterocycles. The number of hydrazine groups is 1. The van der Waals surface area contributed by atoms with Crippen molar-refractivity contribution in [3.63, 3.8) is 0 Å².